The summed E-state index contributed by atoms with van der Waals surface area (Å²) in [6.07, 6.45) is 19.4. The van der Waals surface area contributed by atoms with Crippen molar-refractivity contribution in [2.75, 3.05) is 0 Å². The van der Waals surface area contributed by atoms with Crippen LogP contribution < -0.4 is 0 Å². The number of nitrogens with zero attached hydrogens (tertiary/aromatic N) is 2. The number of aromatic nitrogens is 2. The summed E-state index contributed by atoms with van der Waals surface area (Å²) in [5, 5.41) is 20.7. The van der Waals surface area contributed by atoms with Gasteiger partial charge >= 0.3 is 15.2 Å². The van der Waals surface area contributed by atoms with E-state index >= 15 is 0 Å². The van der Waals surface area contributed by atoms with Gasteiger partial charge in [0.25, 0.3) is 0 Å². The van der Waals surface area contributed by atoms with Crippen molar-refractivity contribution in [3.8, 4) is 11.4 Å². The van der Waals surface area contributed by atoms with E-state index in [0.29, 0.717) is 0 Å². The van der Waals surface area contributed by atoms with Crippen molar-refractivity contribution in [2.24, 2.45) is 0 Å². The second-order valence-corrected chi connectivity index (χ2v) is 6.67. The van der Waals surface area contributed by atoms with Gasteiger partial charge in [0.2, 0.25) is 0 Å². The Labute approximate surface area is 181 Å². The topological polar surface area (TPSA) is 50.3 Å². The van der Waals surface area contributed by atoms with Crippen LogP contribution >= 0.6 is 0 Å². The number of allylic oxidation sites excluding steroid dienone is 4. The van der Waals surface area contributed by atoms with E-state index in [4.69, 9.17) is 0 Å². The standard InChI is InChI=1S/C24H30B2N2O2/c1-7-13-19-17(11-5)23(27(25-29)21(19)15-9-3)24-18(12-6)20(14-8-2)22(16-10-4)28(24)26-30/h7-16,25-26,29-30H,5-6H2,1-4H3/b13-7-,14-8-,15-9-,16-10-. The summed E-state index contributed by atoms with van der Waals surface area (Å²) in [7, 11) is -0.420. The van der Waals surface area contributed by atoms with E-state index in [1.54, 1.807) is 12.2 Å². The van der Waals surface area contributed by atoms with Crippen LogP contribution in [0.1, 0.15) is 61.3 Å². The molecule has 154 valence electrons. The average Bonchev–Trinajstić information content (AvgIpc) is 3.20. The van der Waals surface area contributed by atoms with Crippen LogP contribution in [-0.4, -0.2) is 34.2 Å². The van der Waals surface area contributed by atoms with E-state index in [0.717, 1.165) is 45.0 Å². The lowest BCUT2D eigenvalue weighted by molar-refractivity contribution is 0.585. The molecule has 2 aromatic rings. The quantitative estimate of drug-likeness (QED) is 0.606. The van der Waals surface area contributed by atoms with Crippen LogP contribution in [0.2, 0.25) is 0 Å². The molecule has 0 atom stereocenters. The summed E-state index contributed by atoms with van der Waals surface area (Å²) < 4.78 is 3.69. The minimum Gasteiger partial charge on any atom is -0.435 e. The molecule has 0 saturated heterocycles. The Morgan fingerprint density at radius 3 is 1.17 bits per heavy atom. The molecule has 2 heterocycles. The minimum absolute atomic E-state index is 0.210. The molecule has 2 N–H and O–H groups in total. The molecule has 2 aromatic heterocycles. The first-order valence-electron chi connectivity index (χ1n) is 10.1. The first-order chi connectivity index (χ1) is 14.6. The van der Waals surface area contributed by atoms with Gasteiger partial charge in [-0.1, -0.05) is 61.8 Å². The SMILES string of the molecule is C=Cc1c(/C=C\C)c(/C=C\C)n(BO)c1-c1c(C=C)c(/C=C\C)c(/C=C\C)n1BO. The Bertz CT molecular complexity index is 966. The van der Waals surface area contributed by atoms with E-state index in [-0.39, 0.29) is 15.2 Å². The molecule has 0 fully saturated rings. The molecule has 0 bridgehead atoms. The van der Waals surface area contributed by atoms with Gasteiger partial charge in [-0.15, -0.1) is 0 Å². The maximum absolute atomic E-state index is 10.3. The van der Waals surface area contributed by atoms with Crippen LogP contribution in [0, 0.1) is 0 Å². The highest BCUT2D eigenvalue weighted by molar-refractivity contribution is 6.28. The Morgan fingerprint density at radius 1 is 0.600 bits per heavy atom. The first-order valence-corrected chi connectivity index (χ1v) is 10.1. The smallest absolute Gasteiger partial charge is 0.398 e. The monoisotopic (exact) mass is 400 g/mol. The molecule has 2 rings (SSSR count). The fraction of sp³-hybridized carbons (Fsp3) is 0.167. The maximum atomic E-state index is 10.3. The molecular formula is C24H30B2N2O2. The van der Waals surface area contributed by atoms with Gasteiger partial charge in [0, 0.05) is 33.6 Å². The molecular weight excluding hydrogens is 370 g/mol. The van der Waals surface area contributed by atoms with Crippen molar-refractivity contribution >= 4 is 51.7 Å². The zero-order valence-electron chi connectivity index (χ0n) is 18.4. The third-order valence-corrected chi connectivity index (χ3v) is 5.00. The average molecular weight is 400 g/mol. The first kappa shape index (κ1) is 23.3. The molecule has 0 aliphatic carbocycles. The molecule has 0 aliphatic heterocycles. The summed E-state index contributed by atoms with van der Waals surface area (Å²) in [6, 6.07) is 0. The molecule has 0 amide bonds. The normalized spacial score (nSPS) is 12.1. The fourth-order valence-electron chi connectivity index (χ4n) is 3.93. The minimum atomic E-state index is -0.210. The summed E-state index contributed by atoms with van der Waals surface area (Å²) in [5.74, 6) is 0. The lowest BCUT2D eigenvalue weighted by Crippen LogP contribution is -2.15. The van der Waals surface area contributed by atoms with Crippen molar-refractivity contribution in [3.05, 3.63) is 71.1 Å². The van der Waals surface area contributed by atoms with E-state index < -0.39 is 0 Å². The molecule has 4 nitrogen and oxygen atoms in total. The van der Waals surface area contributed by atoms with Gasteiger partial charge in [-0.25, -0.2) is 0 Å². The van der Waals surface area contributed by atoms with Gasteiger partial charge in [0.1, 0.15) is 0 Å². The Balaban J connectivity index is 3.18. The highest BCUT2D eigenvalue weighted by atomic mass is 16.2. The van der Waals surface area contributed by atoms with Crippen molar-refractivity contribution in [1.29, 1.82) is 0 Å². The zero-order valence-corrected chi connectivity index (χ0v) is 18.4. The maximum Gasteiger partial charge on any atom is 0.398 e. The van der Waals surface area contributed by atoms with Crippen LogP contribution in [-0.2, 0) is 0 Å². The fourth-order valence-corrected chi connectivity index (χ4v) is 3.93. The lowest BCUT2D eigenvalue weighted by atomic mass is 10.0. The van der Waals surface area contributed by atoms with Crippen molar-refractivity contribution < 1.29 is 10.0 Å². The third-order valence-electron chi connectivity index (χ3n) is 5.00. The van der Waals surface area contributed by atoms with Gasteiger partial charge < -0.3 is 19.0 Å². The lowest BCUT2D eigenvalue weighted by Gasteiger charge is -2.14. The summed E-state index contributed by atoms with van der Waals surface area (Å²) >= 11 is 0. The van der Waals surface area contributed by atoms with E-state index in [1.165, 1.54) is 0 Å². The van der Waals surface area contributed by atoms with Gasteiger partial charge in [-0.2, -0.15) is 0 Å². The zero-order chi connectivity index (χ0) is 22.3. The van der Waals surface area contributed by atoms with Gasteiger partial charge in [0.15, 0.2) is 0 Å². The molecule has 0 aliphatic rings. The summed E-state index contributed by atoms with van der Waals surface area (Å²) in [5.41, 5.74) is 7.06. The van der Waals surface area contributed by atoms with E-state index in [2.05, 4.69) is 13.2 Å². The second-order valence-electron chi connectivity index (χ2n) is 6.67. The van der Waals surface area contributed by atoms with Gasteiger partial charge in [-0.3, -0.25) is 0 Å². The molecule has 0 spiro atoms. The molecule has 0 aromatic carbocycles. The predicted molar refractivity (Wildman–Crippen MR) is 136 cm³/mol. The second kappa shape index (κ2) is 10.7. The number of hydrogen-bond donors (Lipinski definition) is 2. The highest BCUT2D eigenvalue weighted by Crippen LogP contribution is 2.40. The van der Waals surface area contributed by atoms with Crippen molar-refractivity contribution in [2.45, 2.75) is 27.7 Å². The number of hydrogen-bond acceptors (Lipinski definition) is 2. The Kier molecular flexibility index (Phi) is 8.34. The predicted octanol–water partition coefficient (Wildman–Crippen LogP) is 4.59. The van der Waals surface area contributed by atoms with Crippen LogP contribution in [0.15, 0.2) is 37.5 Å². The summed E-state index contributed by atoms with van der Waals surface area (Å²) in [6.45, 7) is 15.9. The Hall–Kier alpha value is -2.95. The molecule has 0 radical (unpaired) electrons. The van der Waals surface area contributed by atoms with Crippen LogP contribution in [0.3, 0.4) is 0 Å². The van der Waals surface area contributed by atoms with Crippen LogP contribution in [0.4, 0.5) is 0 Å². The van der Waals surface area contributed by atoms with E-state index in [1.807, 2.05) is 85.3 Å². The van der Waals surface area contributed by atoms with Crippen molar-refractivity contribution in [3.63, 3.8) is 0 Å². The largest absolute Gasteiger partial charge is 0.435 e. The Morgan fingerprint density at radius 2 is 0.933 bits per heavy atom. The van der Waals surface area contributed by atoms with Gasteiger partial charge in [-0.05, 0) is 39.8 Å². The third kappa shape index (κ3) is 3.89. The van der Waals surface area contributed by atoms with E-state index in [9.17, 15) is 10.0 Å². The molecule has 6 heteroatoms. The molecule has 0 unspecified atom stereocenters. The van der Waals surface area contributed by atoms with Crippen LogP contribution in [0.25, 0.3) is 47.8 Å². The molecule has 0 saturated carbocycles. The molecule has 30 heavy (non-hydrogen) atoms. The number of rotatable bonds is 9. The van der Waals surface area contributed by atoms with Crippen molar-refractivity contribution in [1.82, 2.24) is 8.96 Å². The van der Waals surface area contributed by atoms with Gasteiger partial charge in [0.05, 0.1) is 11.4 Å². The highest BCUT2D eigenvalue weighted by Gasteiger charge is 2.27. The summed E-state index contributed by atoms with van der Waals surface area (Å²) in [4.78, 5) is 0. The van der Waals surface area contributed by atoms with Crippen LogP contribution in [0.5, 0.6) is 0 Å².